The normalized spacial score (nSPS) is 14.8. The maximum atomic E-state index is 5.79. The summed E-state index contributed by atoms with van der Waals surface area (Å²) in [6.07, 6.45) is 4.54. The van der Waals surface area contributed by atoms with Crippen molar-refractivity contribution >= 4 is 0 Å². The van der Waals surface area contributed by atoms with Gasteiger partial charge in [-0.3, -0.25) is 11.3 Å². The summed E-state index contributed by atoms with van der Waals surface area (Å²) in [7, 11) is 1.69. The molecule has 0 bridgehead atoms. The zero-order valence-electron chi connectivity index (χ0n) is 12.4. The number of rotatable bonds is 5. The molecule has 0 saturated carbocycles. The zero-order chi connectivity index (χ0) is 14.7. The molecule has 0 spiro atoms. The molecular formula is C18H22N2O. The number of hydrogen-bond donors (Lipinski definition) is 2. The van der Waals surface area contributed by atoms with Crippen LogP contribution in [-0.2, 0) is 19.3 Å². The largest absolute Gasteiger partial charge is 0.497 e. The highest BCUT2D eigenvalue weighted by Crippen LogP contribution is 2.27. The molecular weight excluding hydrogens is 260 g/mol. The van der Waals surface area contributed by atoms with Crippen molar-refractivity contribution in [2.75, 3.05) is 7.11 Å². The molecule has 0 fully saturated rings. The van der Waals surface area contributed by atoms with E-state index in [1.165, 1.54) is 41.5 Å². The Morgan fingerprint density at radius 2 is 2.00 bits per heavy atom. The smallest absolute Gasteiger partial charge is 0.119 e. The Hall–Kier alpha value is -1.84. The average molecular weight is 282 g/mol. The number of ether oxygens (including phenoxy) is 1. The van der Waals surface area contributed by atoms with Gasteiger partial charge < -0.3 is 4.74 Å². The number of hydrogen-bond acceptors (Lipinski definition) is 3. The van der Waals surface area contributed by atoms with Crippen molar-refractivity contribution in [2.45, 2.75) is 31.7 Å². The highest BCUT2D eigenvalue weighted by Gasteiger charge is 2.16. The van der Waals surface area contributed by atoms with E-state index in [9.17, 15) is 0 Å². The first-order chi connectivity index (χ1) is 10.3. The van der Waals surface area contributed by atoms with Crippen LogP contribution in [0.1, 0.15) is 34.7 Å². The fraction of sp³-hybridized carbons (Fsp3) is 0.333. The van der Waals surface area contributed by atoms with Gasteiger partial charge >= 0.3 is 0 Å². The third-order valence-electron chi connectivity index (χ3n) is 4.30. The fourth-order valence-corrected chi connectivity index (χ4v) is 3.12. The molecule has 0 amide bonds. The second kappa shape index (κ2) is 6.29. The summed E-state index contributed by atoms with van der Waals surface area (Å²) in [6, 6.07) is 15.1. The monoisotopic (exact) mass is 282 g/mol. The summed E-state index contributed by atoms with van der Waals surface area (Å²) in [5, 5.41) is 0. The fourth-order valence-electron chi connectivity index (χ4n) is 3.12. The molecule has 3 rings (SSSR count). The summed E-state index contributed by atoms with van der Waals surface area (Å²) < 4.78 is 5.28. The number of fused-ring (bicyclic) bond motifs is 1. The standard InChI is InChI=1S/C18H22N2O/c1-21-17-7-2-4-13(10-17)11-18(20-19)16-9-8-14-5-3-6-15(14)12-16/h2,4,7-10,12,18,20H,3,5-6,11,19H2,1H3. The van der Waals surface area contributed by atoms with Crippen LogP contribution in [0.4, 0.5) is 0 Å². The van der Waals surface area contributed by atoms with Crippen LogP contribution in [0.3, 0.4) is 0 Å². The summed E-state index contributed by atoms with van der Waals surface area (Å²) in [4.78, 5) is 0. The molecule has 0 radical (unpaired) electrons. The third kappa shape index (κ3) is 3.09. The highest BCUT2D eigenvalue weighted by molar-refractivity contribution is 5.37. The van der Waals surface area contributed by atoms with Gasteiger partial charge in [0.15, 0.2) is 0 Å². The maximum Gasteiger partial charge on any atom is 0.119 e. The Balaban J connectivity index is 1.81. The Morgan fingerprint density at radius 1 is 1.14 bits per heavy atom. The molecule has 2 aromatic carbocycles. The van der Waals surface area contributed by atoms with E-state index in [1.54, 1.807) is 7.11 Å². The number of aryl methyl sites for hydroxylation is 2. The van der Waals surface area contributed by atoms with Crippen LogP contribution in [0.5, 0.6) is 5.75 Å². The second-order valence-corrected chi connectivity index (χ2v) is 5.66. The van der Waals surface area contributed by atoms with Crippen LogP contribution in [0.25, 0.3) is 0 Å². The van der Waals surface area contributed by atoms with Crippen molar-refractivity contribution in [3.63, 3.8) is 0 Å². The number of hydrazine groups is 1. The molecule has 3 heteroatoms. The molecule has 0 saturated heterocycles. The summed E-state index contributed by atoms with van der Waals surface area (Å²) >= 11 is 0. The zero-order valence-corrected chi connectivity index (χ0v) is 12.4. The Morgan fingerprint density at radius 3 is 2.81 bits per heavy atom. The molecule has 1 aliphatic carbocycles. The van der Waals surface area contributed by atoms with Gasteiger partial charge in [0.25, 0.3) is 0 Å². The van der Waals surface area contributed by atoms with Gasteiger partial charge in [0, 0.05) is 6.04 Å². The minimum absolute atomic E-state index is 0.128. The van der Waals surface area contributed by atoms with E-state index >= 15 is 0 Å². The number of methoxy groups -OCH3 is 1. The van der Waals surface area contributed by atoms with E-state index in [2.05, 4.69) is 35.8 Å². The average Bonchev–Trinajstić information content (AvgIpc) is 3.00. The molecule has 21 heavy (non-hydrogen) atoms. The van der Waals surface area contributed by atoms with E-state index in [4.69, 9.17) is 10.6 Å². The molecule has 2 aromatic rings. The Labute approximate surface area is 126 Å². The first kappa shape index (κ1) is 14.1. The lowest BCUT2D eigenvalue weighted by Gasteiger charge is -2.18. The minimum atomic E-state index is 0.128. The van der Waals surface area contributed by atoms with Crippen LogP contribution in [0.2, 0.25) is 0 Å². The molecule has 0 aromatic heterocycles. The molecule has 1 unspecified atom stereocenters. The van der Waals surface area contributed by atoms with Crippen molar-refractivity contribution in [1.82, 2.24) is 5.43 Å². The molecule has 3 N–H and O–H groups in total. The molecule has 110 valence electrons. The Kier molecular flexibility index (Phi) is 4.23. The van der Waals surface area contributed by atoms with Crippen molar-refractivity contribution < 1.29 is 4.74 Å². The second-order valence-electron chi connectivity index (χ2n) is 5.66. The van der Waals surface area contributed by atoms with E-state index in [0.29, 0.717) is 0 Å². The maximum absolute atomic E-state index is 5.79. The van der Waals surface area contributed by atoms with Crippen molar-refractivity contribution in [2.24, 2.45) is 5.84 Å². The van der Waals surface area contributed by atoms with Gasteiger partial charge in [-0.2, -0.15) is 0 Å². The number of benzene rings is 2. The Bertz CT molecular complexity index is 624. The van der Waals surface area contributed by atoms with Gasteiger partial charge in [-0.25, -0.2) is 0 Å². The van der Waals surface area contributed by atoms with Gasteiger partial charge in [-0.15, -0.1) is 0 Å². The highest BCUT2D eigenvalue weighted by atomic mass is 16.5. The van der Waals surface area contributed by atoms with Gasteiger partial charge in [-0.05, 0) is 60.1 Å². The van der Waals surface area contributed by atoms with E-state index in [0.717, 1.165) is 12.2 Å². The SMILES string of the molecule is COc1cccc(CC(NN)c2ccc3c(c2)CCC3)c1. The van der Waals surface area contributed by atoms with Gasteiger partial charge in [-0.1, -0.05) is 30.3 Å². The van der Waals surface area contributed by atoms with Crippen molar-refractivity contribution in [3.05, 3.63) is 64.7 Å². The quantitative estimate of drug-likeness (QED) is 0.655. The lowest BCUT2D eigenvalue weighted by molar-refractivity contribution is 0.414. The lowest BCUT2D eigenvalue weighted by atomic mass is 9.96. The van der Waals surface area contributed by atoms with Gasteiger partial charge in [0.05, 0.1) is 7.11 Å². The molecule has 3 nitrogen and oxygen atoms in total. The molecule has 0 aliphatic heterocycles. The summed E-state index contributed by atoms with van der Waals surface area (Å²) in [6.45, 7) is 0. The minimum Gasteiger partial charge on any atom is -0.497 e. The van der Waals surface area contributed by atoms with Crippen LogP contribution < -0.4 is 16.0 Å². The number of nitrogens with two attached hydrogens (primary N) is 1. The topological polar surface area (TPSA) is 47.3 Å². The molecule has 0 heterocycles. The van der Waals surface area contributed by atoms with Crippen LogP contribution in [0.15, 0.2) is 42.5 Å². The van der Waals surface area contributed by atoms with Crippen LogP contribution in [0, 0.1) is 0 Å². The van der Waals surface area contributed by atoms with Gasteiger partial charge in [0.2, 0.25) is 0 Å². The van der Waals surface area contributed by atoms with Gasteiger partial charge in [0.1, 0.15) is 5.75 Å². The van der Waals surface area contributed by atoms with E-state index in [1.807, 2.05) is 12.1 Å². The third-order valence-corrected chi connectivity index (χ3v) is 4.30. The predicted octanol–water partition coefficient (Wildman–Crippen LogP) is 2.93. The summed E-state index contributed by atoms with van der Waals surface area (Å²) in [5.74, 6) is 6.67. The predicted molar refractivity (Wildman–Crippen MR) is 85.2 cm³/mol. The van der Waals surface area contributed by atoms with E-state index in [-0.39, 0.29) is 6.04 Å². The van der Waals surface area contributed by atoms with Crippen LogP contribution >= 0.6 is 0 Å². The molecule has 1 aliphatic rings. The van der Waals surface area contributed by atoms with Crippen molar-refractivity contribution in [1.29, 1.82) is 0 Å². The number of nitrogens with one attached hydrogen (secondary N) is 1. The first-order valence-corrected chi connectivity index (χ1v) is 7.51. The first-order valence-electron chi connectivity index (χ1n) is 7.51. The lowest BCUT2D eigenvalue weighted by Crippen LogP contribution is -2.29. The molecule has 1 atom stereocenters. The van der Waals surface area contributed by atoms with Crippen molar-refractivity contribution in [3.8, 4) is 5.75 Å². The van der Waals surface area contributed by atoms with E-state index < -0.39 is 0 Å². The van der Waals surface area contributed by atoms with Crippen LogP contribution in [-0.4, -0.2) is 7.11 Å². The summed E-state index contributed by atoms with van der Waals surface area (Å²) in [5.41, 5.74) is 8.42.